The fourth-order valence-corrected chi connectivity index (χ4v) is 3.83. The maximum absolute atomic E-state index is 12.6. The molecule has 0 saturated carbocycles. The molecule has 0 bridgehead atoms. The number of hydrogen-bond acceptors (Lipinski definition) is 4. The van der Waals surface area contributed by atoms with E-state index >= 15 is 0 Å². The van der Waals surface area contributed by atoms with E-state index in [1.165, 1.54) is 16.9 Å². The zero-order valence-electron chi connectivity index (χ0n) is 17.3. The summed E-state index contributed by atoms with van der Waals surface area (Å²) in [5.74, 6) is 0.590. The summed E-state index contributed by atoms with van der Waals surface area (Å²) in [4.78, 5) is 17.7. The van der Waals surface area contributed by atoms with Crippen molar-refractivity contribution in [1.82, 2.24) is 4.98 Å². The van der Waals surface area contributed by atoms with Crippen molar-refractivity contribution in [3.05, 3.63) is 74.2 Å². The highest BCUT2D eigenvalue weighted by molar-refractivity contribution is 7.13. The Kier molecular flexibility index (Phi) is 6.30. The Labute approximate surface area is 180 Å². The standard InChI is InChI=1S/C23H25ClN2O2S/c1-14-6-9-17(12-19(14)24)26-22(27)21-15(2)25-20(29-21)13-28-18-10-7-16(8-11-18)23(3,4)5/h6-12H,13H2,1-5H3,(H,26,27). The highest BCUT2D eigenvalue weighted by Gasteiger charge is 2.17. The largest absolute Gasteiger partial charge is 0.486 e. The molecular weight excluding hydrogens is 404 g/mol. The van der Waals surface area contributed by atoms with Crippen molar-refractivity contribution in [2.75, 3.05) is 5.32 Å². The first-order chi connectivity index (χ1) is 13.6. The number of carbonyl (C=O) groups excluding carboxylic acids is 1. The highest BCUT2D eigenvalue weighted by atomic mass is 35.5. The van der Waals surface area contributed by atoms with Crippen LogP contribution < -0.4 is 10.1 Å². The first-order valence-electron chi connectivity index (χ1n) is 9.40. The van der Waals surface area contributed by atoms with Crippen molar-refractivity contribution < 1.29 is 9.53 Å². The SMILES string of the molecule is Cc1ccc(NC(=O)c2sc(COc3ccc(C(C)(C)C)cc3)nc2C)cc1Cl. The zero-order valence-corrected chi connectivity index (χ0v) is 18.9. The summed E-state index contributed by atoms with van der Waals surface area (Å²) in [5.41, 5.74) is 3.68. The van der Waals surface area contributed by atoms with Crippen molar-refractivity contribution in [2.45, 2.75) is 46.6 Å². The molecule has 1 heterocycles. The lowest BCUT2D eigenvalue weighted by atomic mass is 9.87. The fraction of sp³-hybridized carbons (Fsp3) is 0.304. The predicted octanol–water partition coefficient (Wildman–Crippen LogP) is 6.54. The van der Waals surface area contributed by atoms with Crippen LogP contribution in [-0.2, 0) is 12.0 Å². The second kappa shape index (κ2) is 8.56. The van der Waals surface area contributed by atoms with E-state index in [0.717, 1.165) is 16.3 Å². The number of hydrogen-bond donors (Lipinski definition) is 1. The topological polar surface area (TPSA) is 51.2 Å². The summed E-state index contributed by atoms with van der Waals surface area (Å²) in [5, 5.41) is 4.26. The van der Waals surface area contributed by atoms with E-state index < -0.39 is 0 Å². The molecule has 3 rings (SSSR count). The van der Waals surface area contributed by atoms with Gasteiger partial charge in [0.05, 0.1) is 5.69 Å². The summed E-state index contributed by atoms with van der Waals surface area (Å²) in [6, 6.07) is 13.5. The number of benzene rings is 2. The van der Waals surface area contributed by atoms with Gasteiger partial charge < -0.3 is 10.1 Å². The molecule has 0 atom stereocenters. The molecule has 0 aliphatic rings. The Balaban J connectivity index is 1.65. The number of amides is 1. The molecule has 1 amide bonds. The molecule has 3 aromatic rings. The van der Waals surface area contributed by atoms with E-state index in [2.05, 4.69) is 43.2 Å². The van der Waals surface area contributed by atoms with Crippen LogP contribution >= 0.6 is 22.9 Å². The highest BCUT2D eigenvalue weighted by Crippen LogP contribution is 2.26. The van der Waals surface area contributed by atoms with E-state index in [0.29, 0.717) is 27.9 Å². The number of aryl methyl sites for hydroxylation is 2. The number of nitrogens with zero attached hydrogens (tertiary/aromatic N) is 1. The van der Waals surface area contributed by atoms with Gasteiger partial charge in [-0.1, -0.05) is 50.6 Å². The third kappa shape index (κ3) is 5.37. The molecule has 152 valence electrons. The van der Waals surface area contributed by atoms with Gasteiger partial charge in [0.25, 0.3) is 5.91 Å². The van der Waals surface area contributed by atoms with Crippen molar-refractivity contribution >= 4 is 34.5 Å². The molecule has 4 nitrogen and oxygen atoms in total. The normalized spacial score (nSPS) is 11.4. The number of nitrogens with one attached hydrogen (secondary N) is 1. The summed E-state index contributed by atoms with van der Waals surface area (Å²) in [6.45, 7) is 10.6. The Bertz CT molecular complexity index is 1020. The molecular formula is C23H25ClN2O2S. The smallest absolute Gasteiger partial charge is 0.267 e. The number of ether oxygens (including phenoxy) is 1. The van der Waals surface area contributed by atoms with Crippen LogP contribution in [0.4, 0.5) is 5.69 Å². The molecule has 1 N–H and O–H groups in total. The average Bonchev–Trinajstić information content (AvgIpc) is 3.03. The molecule has 0 aliphatic carbocycles. The van der Waals surface area contributed by atoms with Crippen LogP contribution in [0.3, 0.4) is 0 Å². The fourth-order valence-electron chi connectivity index (χ4n) is 2.78. The van der Waals surface area contributed by atoms with Gasteiger partial charge in [0.1, 0.15) is 22.2 Å². The molecule has 0 saturated heterocycles. The van der Waals surface area contributed by atoms with Crippen LogP contribution in [0.15, 0.2) is 42.5 Å². The Morgan fingerprint density at radius 1 is 1.14 bits per heavy atom. The van der Waals surface area contributed by atoms with Gasteiger partial charge >= 0.3 is 0 Å². The molecule has 0 fully saturated rings. The van der Waals surface area contributed by atoms with Crippen LogP contribution in [0.5, 0.6) is 5.75 Å². The van der Waals surface area contributed by atoms with Crippen LogP contribution in [0.2, 0.25) is 5.02 Å². The van der Waals surface area contributed by atoms with Crippen molar-refractivity contribution in [3.8, 4) is 5.75 Å². The molecule has 0 unspecified atom stereocenters. The van der Waals surface area contributed by atoms with Gasteiger partial charge in [0, 0.05) is 10.7 Å². The third-order valence-electron chi connectivity index (χ3n) is 4.56. The molecule has 29 heavy (non-hydrogen) atoms. The lowest BCUT2D eigenvalue weighted by Gasteiger charge is -2.19. The third-order valence-corrected chi connectivity index (χ3v) is 6.10. The molecule has 0 aliphatic heterocycles. The van der Waals surface area contributed by atoms with E-state index in [1.54, 1.807) is 6.07 Å². The predicted molar refractivity (Wildman–Crippen MR) is 120 cm³/mol. The quantitative estimate of drug-likeness (QED) is 0.501. The lowest BCUT2D eigenvalue weighted by Crippen LogP contribution is -2.11. The van der Waals surface area contributed by atoms with E-state index in [-0.39, 0.29) is 11.3 Å². The van der Waals surface area contributed by atoms with Crippen LogP contribution in [0.1, 0.15) is 52.3 Å². The summed E-state index contributed by atoms with van der Waals surface area (Å²) in [6.07, 6.45) is 0. The van der Waals surface area contributed by atoms with Gasteiger partial charge in [-0.2, -0.15) is 0 Å². The molecule has 2 aromatic carbocycles. The second-order valence-corrected chi connectivity index (χ2v) is 9.49. The Morgan fingerprint density at radius 3 is 2.45 bits per heavy atom. The first-order valence-corrected chi connectivity index (χ1v) is 10.6. The number of rotatable bonds is 5. The molecule has 6 heteroatoms. The number of thiazole rings is 1. The maximum Gasteiger partial charge on any atom is 0.267 e. The van der Waals surface area contributed by atoms with Crippen molar-refractivity contribution in [3.63, 3.8) is 0 Å². The summed E-state index contributed by atoms with van der Waals surface area (Å²) < 4.78 is 5.85. The van der Waals surface area contributed by atoms with Gasteiger partial charge in [0.2, 0.25) is 0 Å². The monoisotopic (exact) mass is 428 g/mol. The second-order valence-electron chi connectivity index (χ2n) is 8.00. The van der Waals surface area contributed by atoms with Gasteiger partial charge in [-0.15, -0.1) is 11.3 Å². The van der Waals surface area contributed by atoms with E-state index in [9.17, 15) is 4.79 Å². The van der Waals surface area contributed by atoms with Gasteiger partial charge in [0.15, 0.2) is 0 Å². The van der Waals surface area contributed by atoms with Crippen LogP contribution in [0.25, 0.3) is 0 Å². The minimum atomic E-state index is -0.194. The first kappa shape index (κ1) is 21.3. The molecule has 0 radical (unpaired) electrons. The van der Waals surface area contributed by atoms with Crippen molar-refractivity contribution in [2.24, 2.45) is 0 Å². The Hall–Kier alpha value is -2.37. The number of carbonyl (C=O) groups is 1. The summed E-state index contributed by atoms with van der Waals surface area (Å²) in [7, 11) is 0. The zero-order chi connectivity index (χ0) is 21.2. The lowest BCUT2D eigenvalue weighted by molar-refractivity contribution is 0.103. The van der Waals surface area contributed by atoms with Gasteiger partial charge in [-0.3, -0.25) is 4.79 Å². The Morgan fingerprint density at radius 2 is 1.83 bits per heavy atom. The van der Waals surface area contributed by atoms with Gasteiger partial charge in [-0.25, -0.2) is 4.98 Å². The van der Waals surface area contributed by atoms with E-state index in [4.69, 9.17) is 16.3 Å². The van der Waals surface area contributed by atoms with E-state index in [1.807, 2.05) is 38.1 Å². The number of aromatic nitrogens is 1. The number of anilines is 1. The van der Waals surface area contributed by atoms with Crippen molar-refractivity contribution in [1.29, 1.82) is 0 Å². The molecule has 0 spiro atoms. The minimum Gasteiger partial charge on any atom is -0.486 e. The summed E-state index contributed by atoms with van der Waals surface area (Å²) >= 11 is 7.47. The maximum atomic E-state index is 12.6. The minimum absolute atomic E-state index is 0.106. The molecule has 1 aromatic heterocycles. The number of halogens is 1. The van der Waals surface area contributed by atoms with Crippen LogP contribution in [0, 0.1) is 13.8 Å². The van der Waals surface area contributed by atoms with Crippen LogP contribution in [-0.4, -0.2) is 10.9 Å². The van der Waals surface area contributed by atoms with Gasteiger partial charge in [-0.05, 0) is 54.7 Å². The average molecular weight is 429 g/mol.